The van der Waals surface area contributed by atoms with Gasteiger partial charge in [0.05, 0.1) is 31.3 Å². The zero-order valence-corrected chi connectivity index (χ0v) is 20.3. The lowest BCUT2D eigenvalue weighted by Gasteiger charge is -2.25. The van der Waals surface area contributed by atoms with Crippen LogP contribution in [0.3, 0.4) is 0 Å². The average Bonchev–Trinajstić information content (AvgIpc) is 2.86. The number of halogens is 1. The van der Waals surface area contributed by atoms with Crippen LogP contribution < -0.4 is 23.8 Å². The Hall–Kier alpha value is -3.43. The molecule has 34 heavy (non-hydrogen) atoms. The van der Waals surface area contributed by atoms with Gasteiger partial charge in [0, 0.05) is 5.02 Å². The van der Waals surface area contributed by atoms with Crippen molar-refractivity contribution in [3.63, 3.8) is 0 Å². The molecule has 0 aliphatic carbocycles. The quantitative estimate of drug-likeness (QED) is 0.400. The molecule has 1 N–H and O–H groups in total. The number of rotatable bonds is 11. The normalized spacial score (nSPS) is 10.9. The van der Waals surface area contributed by atoms with Gasteiger partial charge in [-0.05, 0) is 54.6 Å². The summed E-state index contributed by atoms with van der Waals surface area (Å²) in [6.07, 6.45) is 0. The van der Waals surface area contributed by atoms with Gasteiger partial charge >= 0.3 is 0 Å². The van der Waals surface area contributed by atoms with E-state index in [9.17, 15) is 13.2 Å². The Kier molecular flexibility index (Phi) is 8.61. The van der Waals surface area contributed by atoms with E-state index < -0.39 is 22.5 Å². The number of hydrogen-bond donors (Lipinski definition) is 1. The van der Waals surface area contributed by atoms with Crippen molar-refractivity contribution in [2.24, 2.45) is 0 Å². The summed E-state index contributed by atoms with van der Waals surface area (Å²) >= 11 is 6.13. The SMILES string of the molecule is COc1ccc(OCCNC(=O)CN(c2cc(Cl)ccc2OC)S(=O)(=O)c2ccccc2)cc1. The lowest BCUT2D eigenvalue weighted by Crippen LogP contribution is -2.42. The molecule has 0 unspecified atom stereocenters. The molecule has 3 aromatic rings. The number of benzene rings is 3. The van der Waals surface area contributed by atoms with Crippen molar-refractivity contribution >= 4 is 33.2 Å². The number of sulfonamides is 1. The molecule has 1 amide bonds. The van der Waals surface area contributed by atoms with Gasteiger partial charge in [0.25, 0.3) is 10.0 Å². The minimum Gasteiger partial charge on any atom is -0.497 e. The second kappa shape index (κ2) is 11.6. The third-order valence-corrected chi connectivity index (χ3v) is 6.79. The van der Waals surface area contributed by atoms with E-state index >= 15 is 0 Å². The van der Waals surface area contributed by atoms with Crippen molar-refractivity contribution in [2.75, 3.05) is 38.2 Å². The zero-order valence-electron chi connectivity index (χ0n) is 18.7. The Labute approximate surface area is 204 Å². The summed E-state index contributed by atoms with van der Waals surface area (Å²) in [5.41, 5.74) is 0.156. The van der Waals surface area contributed by atoms with Crippen molar-refractivity contribution in [1.82, 2.24) is 5.32 Å². The van der Waals surface area contributed by atoms with Gasteiger partial charge in [-0.1, -0.05) is 29.8 Å². The highest BCUT2D eigenvalue weighted by atomic mass is 35.5. The Morgan fingerprint density at radius 3 is 2.26 bits per heavy atom. The molecule has 0 spiro atoms. The molecule has 3 rings (SSSR count). The van der Waals surface area contributed by atoms with Gasteiger partial charge in [0.15, 0.2) is 0 Å². The number of nitrogens with one attached hydrogen (secondary N) is 1. The summed E-state index contributed by atoms with van der Waals surface area (Å²) in [6.45, 7) is -0.1000. The van der Waals surface area contributed by atoms with Crippen LogP contribution in [0, 0.1) is 0 Å². The first-order chi connectivity index (χ1) is 16.3. The summed E-state index contributed by atoms with van der Waals surface area (Å²) in [5, 5.41) is 2.99. The van der Waals surface area contributed by atoms with Crippen LogP contribution in [-0.4, -0.2) is 48.2 Å². The van der Waals surface area contributed by atoms with Gasteiger partial charge in [-0.15, -0.1) is 0 Å². The summed E-state index contributed by atoms with van der Waals surface area (Å²) in [6, 6.07) is 19.4. The fourth-order valence-electron chi connectivity index (χ4n) is 3.09. The maximum absolute atomic E-state index is 13.4. The second-order valence-corrected chi connectivity index (χ2v) is 9.31. The second-order valence-electron chi connectivity index (χ2n) is 7.01. The number of ether oxygens (including phenoxy) is 3. The van der Waals surface area contributed by atoms with E-state index in [0.717, 1.165) is 4.31 Å². The molecule has 0 aliphatic heterocycles. The third-order valence-electron chi connectivity index (χ3n) is 4.78. The predicted molar refractivity (Wildman–Crippen MR) is 130 cm³/mol. The van der Waals surface area contributed by atoms with E-state index in [4.69, 9.17) is 25.8 Å². The van der Waals surface area contributed by atoms with Crippen LogP contribution in [0.4, 0.5) is 5.69 Å². The number of anilines is 1. The topological polar surface area (TPSA) is 94.2 Å². The number of carbonyl (C=O) groups is 1. The number of hydrogen-bond acceptors (Lipinski definition) is 6. The number of nitrogens with zero attached hydrogens (tertiary/aromatic N) is 1. The average molecular weight is 505 g/mol. The molecule has 3 aromatic carbocycles. The lowest BCUT2D eigenvalue weighted by molar-refractivity contribution is -0.119. The number of methoxy groups -OCH3 is 2. The van der Waals surface area contributed by atoms with Crippen molar-refractivity contribution < 1.29 is 27.4 Å². The largest absolute Gasteiger partial charge is 0.497 e. The van der Waals surface area contributed by atoms with Gasteiger partial charge in [-0.2, -0.15) is 0 Å². The molecule has 0 saturated carbocycles. The van der Waals surface area contributed by atoms with Crippen LogP contribution in [0.25, 0.3) is 0 Å². The fraction of sp³-hybridized carbons (Fsp3) is 0.208. The van der Waals surface area contributed by atoms with Crippen LogP contribution >= 0.6 is 11.6 Å². The number of amides is 1. The molecule has 0 bridgehead atoms. The molecule has 0 aliphatic rings. The van der Waals surface area contributed by atoms with Gasteiger partial charge in [0.2, 0.25) is 5.91 Å². The lowest BCUT2D eigenvalue weighted by atomic mass is 10.3. The molecule has 0 fully saturated rings. The molecule has 0 atom stereocenters. The molecule has 0 radical (unpaired) electrons. The highest BCUT2D eigenvalue weighted by Gasteiger charge is 2.29. The molecular formula is C24H25ClN2O6S. The van der Waals surface area contributed by atoms with Crippen LogP contribution in [0.15, 0.2) is 77.7 Å². The van der Waals surface area contributed by atoms with Crippen LogP contribution in [-0.2, 0) is 14.8 Å². The van der Waals surface area contributed by atoms with E-state index in [-0.39, 0.29) is 29.5 Å². The first-order valence-electron chi connectivity index (χ1n) is 10.3. The summed E-state index contributed by atoms with van der Waals surface area (Å²) < 4.78 is 43.9. The molecule has 0 heterocycles. The highest BCUT2D eigenvalue weighted by molar-refractivity contribution is 7.92. The molecule has 0 saturated heterocycles. The van der Waals surface area contributed by atoms with Gasteiger partial charge in [0.1, 0.15) is 30.4 Å². The monoisotopic (exact) mass is 504 g/mol. The summed E-state index contributed by atoms with van der Waals surface area (Å²) in [4.78, 5) is 12.8. The predicted octanol–water partition coefficient (Wildman–Crippen LogP) is 3.75. The summed E-state index contributed by atoms with van der Waals surface area (Å²) in [5.74, 6) is 1.07. The van der Waals surface area contributed by atoms with E-state index in [1.54, 1.807) is 61.7 Å². The standard InChI is InChI=1S/C24H25ClN2O6S/c1-31-19-9-11-20(12-10-19)33-15-14-26-24(28)17-27(22-16-18(25)8-13-23(22)32-2)34(29,30)21-6-4-3-5-7-21/h3-13,16H,14-15,17H2,1-2H3,(H,26,28). The van der Waals surface area contributed by atoms with Crippen molar-refractivity contribution in [1.29, 1.82) is 0 Å². The van der Waals surface area contributed by atoms with Crippen LogP contribution in [0.1, 0.15) is 0 Å². The first-order valence-corrected chi connectivity index (χ1v) is 12.1. The Morgan fingerprint density at radius 1 is 0.941 bits per heavy atom. The molecule has 0 aromatic heterocycles. The zero-order chi connectivity index (χ0) is 24.6. The Morgan fingerprint density at radius 2 is 1.62 bits per heavy atom. The van der Waals surface area contributed by atoms with Crippen molar-refractivity contribution in [2.45, 2.75) is 4.90 Å². The van der Waals surface area contributed by atoms with E-state index in [0.29, 0.717) is 16.5 Å². The smallest absolute Gasteiger partial charge is 0.264 e. The number of carbonyl (C=O) groups excluding carboxylic acids is 1. The Balaban J connectivity index is 1.74. The Bertz CT molecular complexity index is 1200. The van der Waals surface area contributed by atoms with Crippen LogP contribution in [0.5, 0.6) is 17.2 Å². The van der Waals surface area contributed by atoms with Gasteiger partial charge < -0.3 is 19.5 Å². The molecule has 180 valence electrons. The van der Waals surface area contributed by atoms with E-state index in [1.807, 2.05) is 0 Å². The first kappa shape index (κ1) is 25.2. The highest BCUT2D eigenvalue weighted by Crippen LogP contribution is 2.34. The van der Waals surface area contributed by atoms with Gasteiger partial charge in [-0.25, -0.2) is 8.42 Å². The molecular weight excluding hydrogens is 480 g/mol. The molecule has 10 heteroatoms. The van der Waals surface area contributed by atoms with Gasteiger partial charge in [-0.3, -0.25) is 9.10 Å². The van der Waals surface area contributed by atoms with E-state index in [2.05, 4.69) is 5.32 Å². The van der Waals surface area contributed by atoms with E-state index in [1.165, 1.54) is 25.3 Å². The summed E-state index contributed by atoms with van der Waals surface area (Å²) in [7, 11) is -1.10. The van der Waals surface area contributed by atoms with Crippen LogP contribution in [0.2, 0.25) is 5.02 Å². The minimum absolute atomic E-state index is 0.0349. The minimum atomic E-state index is -4.09. The van der Waals surface area contributed by atoms with Crippen molar-refractivity contribution in [3.8, 4) is 17.2 Å². The third kappa shape index (κ3) is 6.33. The fourth-order valence-corrected chi connectivity index (χ4v) is 4.71. The maximum Gasteiger partial charge on any atom is 0.264 e. The van der Waals surface area contributed by atoms with Crippen molar-refractivity contribution in [3.05, 3.63) is 77.8 Å². The molecule has 8 nitrogen and oxygen atoms in total. The maximum atomic E-state index is 13.4.